The molecule has 1 heterocycles. The van der Waals surface area contributed by atoms with E-state index in [1.807, 2.05) is 0 Å². The molecule has 132 valence electrons. The number of rotatable bonds is 5. The molecule has 1 aliphatic heterocycles. The van der Waals surface area contributed by atoms with Gasteiger partial charge in [-0.2, -0.15) is 0 Å². The summed E-state index contributed by atoms with van der Waals surface area (Å²) in [5, 5.41) is 3.41. The summed E-state index contributed by atoms with van der Waals surface area (Å²) < 4.78 is 0. The highest BCUT2D eigenvalue weighted by atomic mass is 35.5. The normalized spacial score (nSPS) is 20.5. The zero-order valence-corrected chi connectivity index (χ0v) is 15.5. The molecule has 2 rings (SSSR count). The lowest BCUT2D eigenvalue weighted by Crippen LogP contribution is -3.27. The van der Waals surface area contributed by atoms with E-state index >= 15 is 0 Å². The Morgan fingerprint density at radius 3 is 2.33 bits per heavy atom. The molecule has 3 N–H and O–H groups in total. The van der Waals surface area contributed by atoms with Crippen molar-refractivity contribution >= 4 is 40.7 Å². The fourth-order valence-corrected chi connectivity index (χ4v) is 3.15. The van der Waals surface area contributed by atoms with Gasteiger partial charge in [0.15, 0.2) is 6.54 Å². The monoisotopic (exact) mass is 374 g/mol. The van der Waals surface area contributed by atoms with Crippen LogP contribution >= 0.6 is 23.2 Å². The van der Waals surface area contributed by atoms with Crippen LogP contribution in [0.3, 0.4) is 0 Å². The lowest BCUT2D eigenvalue weighted by molar-refractivity contribution is -1.000. The number of hydrogen-bond acceptors (Lipinski definition) is 2. The van der Waals surface area contributed by atoms with Gasteiger partial charge < -0.3 is 20.0 Å². The SMILES string of the molecule is CN(CC(=O)Nc1c(Cl)cccc1Cl)C(=O)C[NH+]1CC[NH+](C)CC1. The van der Waals surface area contributed by atoms with Gasteiger partial charge in [-0.05, 0) is 12.1 Å². The number of nitrogens with one attached hydrogen (secondary N) is 3. The second-order valence-electron chi connectivity index (χ2n) is 6.28. The van der Waals surface area contributed by atoms with Crippen LogP contribution in [0.2, 0.25) is 10.0 Å². The summed E-state index contributed by atoms with van der Waals surface area (Å²) in [6.45, 7) is 4.48. The minimum Gasteiger partial charge on any atom is -0.332 e. The fraction of sp³-hybridized carbons (Fsp3) is 0.500. The Labute approximate surface area is 152 Å². The molecule has 0 radical (unpaired) electrons. The number of piperazine rings is 1. The van der Waals surface area contributed by atoms with Gasteiger partial charge in [-0.3, -0.25) is 9.59 Å². The smallest absolute Gasteiger partial charge is 0.277 e. The number of quaternary nitrogens is 2. The van der Waals surface area contributed by atoms with E-state index in [9.17, 15) is 9.59 Å². The first-order valence-electron chi connectivity index (χ1n) is 7.99. The first-order valence-corrected chi connectivity index (χ1v) is 8.75. The van der Waals surface area contributed by atoms with Crippen molar-refractivity contribution in [3.63, 3.8) is 0 Å². The molecule has 1 aromatic carbocycles. The molecule has 2 amide bonds. The van der Waals surface area contributed by atoms with Crippen molar-refractivity contribution in [2.75, 3.05) is 58.7 Å². The number of likely N-dealkylation sites (N-methyl/N-ethyl adjacent to an activating group) is 2. The molecule has 0 saturated carbocycles. The van der Waals surface area contributed by atoms with Crippen LogP contribution in [0.25, 0.3) is 0 Å². The lowest BCUT2D eigenvalue weighted by atomic mass is 10.3. The van der Waals surface area contributed by atoms with Crippen LogP contribution in [0, 0.1) is 0 Å². The molecule has 0 spiro atoms. The zero-order valence-electron chi connectivity index (χ0n) is 14.0. The van der Waals surface area contributed by atoms with Crippen LogP contribution in [0.1, 0.15) is 0 Å². The molecule has 0 atom stereocenters. The second-order valence-corrected chi connectivity index (χ2v) is 7.09. The van der Waals surface area contributed by atoms with Crippen LogP contribution in [0.5, 0.6) is 0 Å². The third-order valence-corrected chi connectivity index (χ3v) is 4.88. The number of carbonyl (C=O) groups excluding carboxylic acids is 2. The van der Waals surface area contributed by atoms with Gasteiger partial charge in [0, 0.05) is 7.05 Å². The van der Waals surface area contributed by atoms with Gasteiger partial charge in [0.1, 0.15) is 26.2 Å². The van der Waals surface area contributed by atoms with Crippen molar-refractivity contribution < 1.29 is 19.4 Å². The average molecular weight is 375 g/mol. The summed E-state index contributed by atoms with van der Waals surface area (Å²) in [6.07, 6.45) is 0. The lowest BCUT2D eigenvalue weighted by Gasteiger charge is -2.28. The molecule has 8 heteroatoms. The van der Waals surface area contributed by atoms with Crippen molar-refractivity contribution in [2.45, 2.75) is 0 Å². The van der Waals surface area contributed by atoms with Gasteiger partial charge in [-0.15, -0.1) is 0 Å². The van der Waals surface area contributed by atoms with Crippen molar-refractivity contribution in [3.05, 3.63) is 28.2 Å². The Kier molecular flexibility index (Phi) is 6.86. The maximum absolute atomic E-state index is 12.3. The Morgan fingerprint density at radius 1 is 1.17 bits per heavy atom. The number of hydrogen-bond donors (Lipinski definition) is 3. The Balaban J connectivity index is 1.83. The van der Waals surface area contributed by atoms with E-state index in [2.05, 4.69) is 12.4 Å². The van der Waals surface area contributed by atoms with Crippen LogP contribution in [-0.2, 0) is 9.59 Å². The van der Waals surface area contributed by atoms with E-state index in [0.717, 1.165) is 26.2 Å². The molecular formula is C16H24Cl2N4O2+2. The molecule has 0 aliphatic carbocycles. The Hall–Kier alpha value is -1.34. The first-order chi connectivity index (χ1) is 11.4. The first kappa shape index (κ1) is 19.0. The number of nitrogens with zero attached hydrogens (tertiary/aromatic N) is 1. The summed E-state index contributed by atoms with van der Waals surface area (Å²) >= 11 is 12.1. The summed E-state index contributed by atoms with van der Waals surface area (Å²) in [5.41, 5.74) is 0.374. The molecule has 0 unspecified atom stereocenters. The molecule has 1 saturated heterocycles. The van der Waals surface area contributed by atoms with Crippen LogP contribution in [-0.4, -0.2) is 70.1 Å². The van der Waals surface area contributed by atoms with Crippen molar-refractivity contribution in [3.8, 4) is 0 Å². The number of halogens is 2. The van der Waals surface area contributed by atoms with E-state index < -0.39 is 0 Å². The van der Waals surface area contributed by atoms with E-state index in [1.54, 1.807) is 25.2 Å². The highest BCUT2D eigenvalue weighted by Gasteiger charge is 2.24. The number of para-hydroxylation sites is 1. The number of benzene rings is 1. The largest absolute Gasteiger partial charge is 0.332 e. The maximum atomic E-state index is 12.3. The number of anilines is 1. The molecule has 1 aliphatic rings. The maximum Gasteiger partial charge on any atom is 0.277 e. The summed E-state index contributed by atoms with van der Waals surface area (Å²) in [4.78, 5) is 28.6. The Morgan fingerprint density at radius 2 is 1.75 bits per heavy atom. The van der Waals surface area contributed by atoms with Crippen molar-refractivity contribution in [2.24, 2.45) is 0 Å². The molecule has 6 nitrogen and oxygen atoms in total. The van der Waals surface area contributed by atoms with Gasteiger partial charge in [0.2, 0.25) is 5.91 Å². The van der Waals surface area contributed by atoms with E-state index in [1.165, 1.54) is 14.7 Å². The number of carbonyl (C=O) groups is 2. The van der Waals surface area contributed by atoms with Crippen molar-refractivity contribution in [1.29, 1.82) is 0 Å². The highest BCUT2D eigenvalue weighted by molar-refractivity contribution is 6.39. The quantitative estimate of drug-likeness (QED) is 0.606. The van der Waals surface area contributed by atoms with Crippen LogP contribution in [0.4, 0.5) is 5.69 Å². The Bertz CT molecular complexity index is 583. The predicted molar refractivity (Wildman–Crippen MR) is 94.9 cm³/mol. The molecule has 0 bridgehead atoms. The highest BCUT2D eigenvalue weighted by Crippen LogP contribution is 2.29. The van der Waals surface area contributed by atoms with Gasteiger partial charge in [-0.1, -0.05) is 29.3 Å². The van der Waals surface area contributed by atoms with E-state index in [-0.39, 0.29) is 18.4 Å². The van der Waals surface area contributed by atoms with Gasteiger partial charge in [-0.25, -0.2) is 0 Å². The van der Waals surface area contributed by atoms with Gasteiger partial charge >= 0.3 is 0 Å². The third kappa shape index (κ3) is 5.34. The zero-order chi connectivity index (χ0) is 17.7. The van der Waals surface area contributed by atoms with Crippen LogP contribution < -0.4 is 15.1 Å². The summed E-state index contributed by atoms with van der Waals surface area (Å²) in [5.74, 6) is -0.358. The van der Waals surface area contributed by atoms with Gasteiger partial charge in [0.25, 0.3) is 5.91 Å². The van der Waals surface area contributed by atoms with Gasteiger partial charge in [0.05, 0.1) is 29.3 Å². The molecular weight excluding hydrogens is 351 g/mol. The van der Waals surface area contributed by atoms with E-state index in [4.69, 9.17) is 23.2 Å². The average Bonchev–Trinajstić information content (AvgIpc) is 2.53. The summed E-state index contributed by atoms with van der Waals surface area (Å²) in [6, 6.07) is 5.00. The number of amides is 2. The predicted octanol–water partition coefficient (Wildman–Crippen LogP) is -1.20. The molecule has 24 heavy (non-hydrogen) atoms. The topological polar surface area (TPSA) is 58.3 Å². The van der Waals surface area contributed by atoms with E-state index in [0.29, 0.717) is 22.3 Å². The minimum atomic E-state index is -0.321. The molecule has 0 aromatic heterocycles. The second kappa shape index (κ2) is 8.67. The summed E-state index contributed by atoms with van der Waals surface area (Å²) in [7, 11) is 3.80. The molecule has 1 aromatic rings. The minimum absolute atomic E-state index is 0.0290. The third-order valence-electron chi connectivity index (χ3n) is 4.25. The van der Waals surface area contributed by atoms with Crippen LogP contribution in [0.15, 0.2) is 18.2 Å². The van der Waals surface area contributed by atoms with Crippen molar-refractivity contribution in [1.82, 2.24) is 4.90 Å². The molecule has 1 fully saturated rings. The fourth-order valence-electron chi connectivity index (χ4n) is 2.66. The standard InChI is InChI=1S/C16H22Cl2N4O2/c1-20-6-8-22(9-7-20)11-15(24)21(2)10-14(23)19-16-12(17)4-3-5-13(16)18/h3-5H,6-11H2,1-2H3,(H,19,23)/p+2.